The summed E-state index contributed by atoms with van der Waals surface area (Å²) in [7, 11) is -0.446. The van der Waals surface area contributed by atoms with Gasteiger partial charge in [0, 0.05) is 32.2 Å². The van der Waals surface area contributed by atoms with Crippen LogP contribution in [0.15, 0.2) is 72.8 Å². The number of anilines is 1. The maximum absolute atomic E-state index is 8.88. The van der Waals surface area contributed by atoms with Crippen LogP contribution in [0, 0.1) is 5.92 Å². The van der Waals surface area contributed by atoms with Crippen molar-refractivity contribution in [1.82, 2.24) is 4.90 Å². The zero-order chi connectivity index (χ0) is 25.7. The molecule has 0 aromatic heterocycles. The molecule has 36 heavy (non-hydrogen) atoms. The Hall–Kier alpha value is -2.73. The predicted octanol–water partition coefficient (Wildman–Crippen LogP) is 5.35. The fourth-order valence-electron chi connectivity index (χ4n) is 5.35. The van der Waals surface area contributed by atoms with E-state index in [1.54, 1.807) is 0 Å². The molecule has 1 heterocycles. The summed E-state index contributed by atoms with van der Waals surface area (Å²) in [5, 5.41) is 0. The molecule has 1 aliphatic heterocycles. The van der Waals surface area contributed by atoms with Gasteiger partial charge in [-0.2, -0.15) is 0 Å². The molecule has 0 bridgehead atoms. The van der Waals surface area contributed by atoms with Crippen LogP contribution in [0.1, 0.15) is 46.6 Å². The monoisotopic (exact) mass is 506 g/mol. The largest absolute Gasteiger partial charge is 0.466 e. The van der Waals surface area contributed by atoms with Gasteiger partial charge >= 0.3 is 7.82 Å². The summed E-state index contributed by atoms with van der Waals surface area (Å²) < 4.78 is 8.88. The minimum Gasteiger partial charge on any atom is -0.378 e. The zero-order valence-corrected chi connectivity index (χ0v) is 21.8. The van der Waals surface area contributed by atoms with E-state index in [2.05, 4.69) is 109 Å². The fourth-order valence-corrected chi connectivity index (χ4v) is 5.35. The summed E-state index contributed by atoms with van der Waals surface area (Å²) in [6, 6.07) is 27.0. The van der Waals surface area contributed by atoms with E-state index < -0.39 is 7.82 Å². The highest BCUT2D eigenvalue weighted by atomic mass is 31.2. The van der Waals surface area contributed by atoms with Crippen molar-refractivity contribution in [2.75, 3.05) is 32.1 Å². The molecular formula is C29H35N2O4P. The Labute approximate surface area is 213 Å². The van der Waals surface area contributed by atoms with E-state index in [0.717, 1.165) is 6.54 Å². The number of hydrogen-bond donors (Lipinski definition) is 3. The second-order valence-electron chi connectivity index (χ2n) is 9.76. The van der Waals surface area contributed by atoms with Crippen LogP contribution in [0.25, 0.3) is 12.2 Å². The van der Waals surface area contributed by atoms with Gasteiger partial charge in [0.25, 0.3) is 0 Å². The third-order valence-electron chi connectivity index (χ3n) is 7.07. The van der Waals surface area contributed by atoms with Gasteiger partial charge in [0.15, 0.2) is 0 Å². The fraction of sp³-hybridized carbons (Fsp3) is 0.310. The Morgan fingerprint density at radius 2 is 1.28 bits per heavy atom. The van der Waals surface area contributed by atoms with Crippen molar-refractivity contribution < 1.29 is 19.2 Å². The van der Waals surface area contributed by atoms with Gasteiger partial charge in [0.1, 0.15) is 0 Å². The number of likely N-dealkylation sites (tertiary alicyclic amines) is 1. The van der Waals surface area contributed by atoms with Crippen molar-refractivity contribution in [1.29, 1.82) is 0 Å². The number of fused-ring (bicyclic) bond motifs is 2. The molecule has 0 atom stereocenters. The second kappa shape index (κ2) is 11.5. The lowest BCUT2D eigenvalue weighted by Crippen LogP contribution is -2.35. The first-order valence-electron chi connectivity index (χ1n) is 12.3. The molecule has 1 aliphatic carbocycles. The first kappa shape index (κ1) is 26.3. The highest BCUT2D eigenvalue weighted by Gasteiger charge is 2.31. The molecule has 0 radical (unpaired) electrons. The molecule has 3 aromatic rings. The smallest absolute Gasteiger partial charge is 0.378 e. The molecular weight excluding hydrogens is 471 g/mol. The number of nitrogens with zero attached hydrogens (tertiary/aromatic N) is 2. The minimum atomic E-state index is -4.64. The van der Waals surface area contributed by atoms with Crippen LogP contribution in [0.5, 0.6) is 0 Å². The Kier molecular flexibility index (Phi) is 8.45. The van der Waals surface area contributed by atoms with Crippen LogP contribution in [0.4, 0.5) is 5.69 Å². The van der Waals surface area contributed by atoms with Crippen LogP contribution >= 0.6 is 7.82 Å². The molecule has 0 amide bonds. The molecule has 0 saturated carbocycles. The van der Waals surface area contributed by atoms with Gasteiger partial charge in [-0.3, -0.25) is 4.90 Å². The van der Waals surface area contributed by atoms with Crippen LogP contribution in [-0.2, 0) is 11.1 Å². The Bertz CT molecular complexity index is 1170. The van der Waals surface area contributed by atoms with Crippen molar-refractivity contribution in [3.63, 3.8) is 0 Å². The van der Waals surface area contributed by atoms with Gasteiger partial charge in [0.2, 0.25) is 0 Å². The highest BCUT2D eigenvalue weighted by molar-refractivity contribution is 7.45. The van der Waals surface area contributed by atoms with E-state index >= 15 is 0 Å². The Balaban J connectivity index is 0.000000556. The summed E-state index contributed by atoms with van der Waals surface area (Å²) in [6.45, 7) is 3.41. The molecule has 190 valence electrons. The summed E-state index contributed by atoms with van der Waals surface area (Å²) in [5.74, 6) is 1.18. The average Bonchev–Trinajstić information content (AvgIpc) is 3.01. The summed E-state index contributed by atoms with van der Waals surface area (Å²) in [6.07, 6.45) is 7.12. The van der Waals surface area contributed by atoms with Crippen LogP contribution in [-0.4, -0.2) is 46.8 Å². The number of piperidine rings is 1. The van der Waals surface area contributed by atoms with Gasteiger partial charge in [-0.15, -0.1) is 0 Å². The van der Waals surface area contributed by atoms with Crippen molar-refractivity contribution in [3.8, 4) is 0 Å². The van der Waals surface area contributed by atoms with Crippen molar-refractivity contribution >= 4 is 25.7 Å². The molecule has 2 aliphatic rings. The molecule has 7 heteroatoms. The van der Waals surface area contributed by atoms with Crippen LogP contribution in [0.3, 0.4) is 0 Å². The normalized spacial score (nSPS) is 16.4. The number of hydrogen-bond acceptors (Lipinski definition) is 3. The summed E-state index contributed by atoms with van der Waals surface area (Å²) in [4.78, 5) is 26.4. The van der Waals surface area contributed by atoms with Crippen molar-refractivity contribution in [2.24, 2.45) is 5.92 Å². The lowest BCUT2D eigenvalue weighted by Gasteiger charge is -2.37. The van der Waals surface area contributed by atoms with E-state index in [1.165, 1.54) is 59.4 Å². The Morgan fingerprint density at radius 1 is 0.806 bits per heavy atom. The second-order valence-corrected chi connectivity index (χ2v) is 10.8. The summed E-state index contributed by atoms with van der Waals surface area (Å²) in [5.41, 5.74) is 8.45. The topological polar surface area (TPSA) is 84.2 Å². The molecule has 3 aromatic carbocycles. The zero-order valence-electron chi connectivity index (χ0n) is 20.9. The van der Waals surface area contributed by atoms with Gasteiger partial charge < -0.3 is 19.6 Å². The average molecular weight is 507 g/mol. The van der Waals surface area contributed by atoms with Gasteiger partial charge in [-0.25, -0.2) is 4.57 Å². The first-order chi connectivity index (χ1) is 17.2. The maximum Gasteiger partial charge on any atom is 0.466 e. The number of phosphoric acid groups is 1. The minimum absolute atomic E-state index is 0.490. The molecule has 1 fully saturated rings. The Morgan fingerprint density at radius 3 is 1.75 bits per heavy atom. The molecule has 1 saturated heterocycles. The third-order valence-corrected chi connectivity index (χ3v) is 7.07. The molecule has 0 spiro atoms. The number of benzene rings is 3. The standard InChI is InChI=1S/C29H32N2.H3O4P/c1-30(2)26-15-11-22(12-16-26)21-31-19-17-25(18-20-31)29-27-9-5-3-7-23(27)13-14-24-8-4-6-10-28(24)29;1-5(2,3)4/h3-16,25,29H,17-21H2,1-2H3;(H3,1,2,3,4). The molecule has 0 unspecified atom stereocenters. The van der Waals surface area contributed by atoms with Crippen molar-refractivity contribution in [3.05, 3.63) is 101 Å². The quantitative estimate of drug-likeness (QED) is 0.414. The van der Waals surface area contributed by atoms with Crippen LogP contribution < -0.4 is 4.90 Å². The van der Waals surface area contributed by atoms with Gasteiger partial charge in [-0.05, 0) is 71.8 Å². The highest BCUT2D eigenvalue weighted by Crippen LogP contribution is 2.43. The van der Waals surface area contributed by atoms with Crippen molar-refractivity contribution in [2.45, 2.75) is 25.3 Å². The van der Waals surface area contributed by atoms with Gasteiger partial charge in [0.05, 0.1) is 0 Å². The van der Waals surface area contributed by atoms with E-state index in [0.29, 0.717) is 11.8 Å². The van der Waals surface area contributed by atoms with E-state index in [-0.39, 0.29) is 0 Å². The van der Waals surface area contributed by atoms with E-state index in [1.807, 2.05) is 0 Å². The molecule has 5 rings (SSSR count). The third kappa shape index (κ3) is 6.94. The SMILES string of the molecule is CN(C)c1ccc(CN2CCC(C3c4ccccc4C=Cc4ccccc43)CC2)cc1.O=P(O)(O)O. The lowest BCUT2D eigenvalue weighted by molar-refractivity contribution is 0.168. The number of rotatable bonds is 4. The predicted molar refractivity (Wildman–Crippen MR) is 147 cm³/mol. The molecule has 6 nitrogen and oxygen atoms in total. The maximum atomic E-state index is 8.88. The van der Waals surface area contributed by atoms with E-state index in [4.69, 9.17) is 19.2 Å². The lowest BCUT2D eigenvalue weighted by atomic mass is 9.74. The molecule has 3 N–H and O–H groups in total. The first-order valence-corrected chi connectivity index (χ1v) is 13.9. The summed E-state index contributed by atoms with van der Waals surface area (Å²) >= 11 is 0. The van der Waals surface area contributed by atoms with Gasteiger partial charge in [-0.1, -0.05) is 72.8 Å². The van der Waals surface area contributed by atoms with Crippen LogP contribution in [0.2, 0.25) is 0 Å². The van der Waals surface area contributed by atoms with E-state index in [9.17, 15) is 0 Å².